The van der Waals surface area contributed by atoms with Gasteiger partial charge in [0.05, 0.1) is 5.69 Å². The summed E-state index contributed by atoms with van der Waals surface area (Å²) in [6.07, 6.45) is 0. The first-order chi connectivity index (χ1) is 11.0. The van der Waals surface area contributed by atoms with Crippen LogP contribution in [0.15, 0.2) is 17.5 Å². The van der Waals surface area contributed by atoms with Crippen LogP contribution in [0, 0.1) is 32.6 Å². The van der Waals surface area contributed by atoms with Gasteiger partial charge in [0.2, 0.25) is 5.91 Å². The van der Waals surface area contributed by atoms with Gasteiger partial charge in [-0.25, -0.2) is 4.98 Å². The highest BCUT2D eigenvalue weighted by molar-refractivity contribution is 7.14. The van der Waals surface area contributed by atoms with Gasteiger partial charge in [0.25, 0.3) is 0 Å². The molecule has 1 aliphatic heterocycles. The van der Waals surface area contributed by atoms with E-state index in [2.05, 4.69) is 48.5 Å². The van der Waals surface area contributed by atoms with Crippen molar-refractivity contribution in [2.24, 2.45) is 11.8 Å². The molecule has 1 aromatic heterocycles. The maximum atomic E-state index is 12.3. The molecule has 1 aromatic carbocycles. The molecule has 1 saturated heterocycles. The number of carbonyl (C=O) groups is 1. The first-order valence-corrected chi connectivity index (χ1v) is 8.89. The van der Waals surface area contributed by atoms with Gasteiger partial charge in [0, 0.05) is 16.9 Å². The number of amides is 1. The Morgan fingerprint density at radius 2 is 1.96 bits per heavy atom. The van der Waals surface area contributed by atoms with Crippen LogP contribution in [-0.4, -0.2) is 24.0 Å². The van der Waals surface area contributed by atoms with Crippen LogP contribution in [0.3, 0.4) is 0 Å². The molecule has 1 atom stereocenters. The largest absolute Gasteiger partial charge is 0.316 e. The average Bonchev–Trinajstić information content (AvgIpc) is 2.89. The van der Waals surface area contributed by atoms with E-state index in [1.165, 1.54) is 28.0 Å². The first-order valence-electron chi connectivity index (χ1n) is 8.01. The number of aromatic nitrogens is 1. The van der Waals surface area contributed by atoms with E-state index in [0.717, 1.165) is 24.3 Å². The number of nitrogens with one attached hydrogen (secondary N) is 2. The van der Waals surface area contributed by atoms with Crippen molar-refractivity contribution < 1.29 is 4.79 Å². The lowest BCUT2D eigenvalue weighted by atomic mass is 9.88. The second-order valence-corrected chi connectivity index (χ2v) is 7.34. The molecule has 5 heteroatoms. The molecule has 0 spiro atoms. The number of thiazole rings is 1. The van der Waals surface area contributed by atoms with Crippen LogP contribution >= 0.6 is 11.3 Å². The number of nitrogens with zero attached hydrogens (tertiary/aromatic N) is 1. The lowest BCUT2D eigenvalue weighted by Gasteiger charge is -2.31. The van der Waals surface area contributed by atoms with Gasteiger partial charge in [-0.15, -0.1) is 11.3 Å². The third kappa shape index (κ3) is 3.31. The van der Waals surface area contributed by atoms with Gasteiger partial charge < -0.3 is 10.6 Å². The van der Waals surface area contributed by atoms with Crippen molar-refractivity contribution in [3.63, 3.8) is 0 Å². The monoisotopic (exact) mass is 329 g/mol. The molecule has 2 N–H and O–H groups in total. The van der Waals surface area contributed by atoms with E-state index < -0.39 is 0 Å². The summed E-state index contributed by atoms with van der Waals surface area (Å²) in [5.74, 6) is 0.526. The van der Waals surface area contributed by atoms with Crippen LogP contribution < -0.4 is 10.6 Å². The van der Waals surface area contributed by atoms with Crippen LogP contribution in [0.1, 0.15) is 23.6 Å². The average molecular weight is 329 g/mol. The van der Waals surface area contributed by atoms with Gasteiger partial charge in [-0.2, -0.15) is 0 Å². The van der Waals surface area contributed by atoms with Crippen LogP contribution in [0.2, 0.25) is 0 Å². The zero-order valence-corrected chi connectivity index (χ0v) is 14.9. The Balaban J connectivity index is 1.75. The summed E-state index contributed by atoms with van der Waals surface area (Å²) in [5.41, 5.74) is 5.84. The standard InChI is InChI=1S/C18H23N3OS/c1-10-5-12(3)15(6-11(10)2)16-9-23-18(20-16)21-17(22)13(4)14-7-19-8-14/h5-6,9,13-14,19H,7-8H2,1-4H3,(H,20,21,22). The molecule has 1 fully saturated rings. The second kappa shape index (κ2) is 6.42. The smallest absolute Gasteiger partial charge is 0.229 e. The molecular weight excluding hydrogens is 306 g/mol. The molecule has 0 saturated carbocycles. The summed E-state index contributed by atoms with van der Waals surface area (Å²) in [4.78, 5) is 16.9. The number of benzene rings is 1. The SMILES string of the molecule is Cc1cc(C)c(-c2csc(NC(=O)C(C)C3CNC3)n2)cc1C. The highest BCUT2D eigenvalue weighted by Crippen LogP contribution is 2.30. The number of carbonyl (C=O) groups excluding carboxylic acids is 1. The molecule has 1 aliphatic rings. The van der Waals surface area contributed by atoms with E-state index in [4.69, 9.17) is 0 Å². The fourth-order valence-electron chi connectivity index (χ4n) is 2.79. The van der Waals surface area contributed by atoms with Crippen molar-refractivity contribution in [2.45, 2.75) is 27.7 Å². The highest BCUT2D eigenvalue weighted by Gasteiger charge is 2.29. The van der Waals surface area contributed by atoms with Gasteiger partial charge in [-0.3, -0.25) is 4.79 Å². The molecule has 4 nitrogen and oxygen atoms in total. The molecule has 1 amide bonds. The molecule has 23 heavy (non-hydrogen) atoms. The fraction of sp³-hybridized carbons (Fsp3) is 0.444. The Hall–Kier alpha value is -1.72. The van der Waals surface area contributed by atoms with Crippen molar-refractivity contribution in [3.05, 3.63) is 34.2 Å². The Labute approximate surface area is 141 Å². The number of hydrogen-bond donors (Lipinski definition) is 2. The predicted molar refractivity (Wildman–Crippen MR) is 95.9 cm³/mol. The third-order valence-electron chi connectivity index (χ3n) is 4.78. The summed E-state index contributed by atoms with van der Waals surface area (Å²) >= 11 is 1.49. The Bertz CT molecular complexity index is 734. The van der Waals surface area contributed by atoms with Crippen molar-refractivity contribution in [1.29, 1.82) is 0 Å². The molecular formula is C18H23N3OS. The van der Waals surface area contributed by atoms with E-state index in [1.807, 2.05) is 12.3 Å². The van der Waals surface area contributed by atoms with Crippen molar-refractivity contribution in [2.75, 3.05) is 18.4 Å². The first kappa shape index (κ1) is 16.1. The summed E-state index contributed by atoms with van der Waals surface area (Å²) in [5, 5.41) is 8.87. The molecule has 122 valence electrons. The zero-order valence-electron chi connectivity index (χ0n) is 14.1. The van der Waals surface area contributed by atoms with Crippen molar-refractivity contribution in [1.82, 2.24) is 10.3 Å². The summed E-state index contributed by atoms with van der Waals surface area (Å²) < 4.78 is 0. The minimum absolute atomic E-state index is 0.0203. The Kier molecular flexibility index (Phi) is 4.50. The minimum atomic E-state index is 0.0203. The molecule has 2 aromatic rings. The van der Waals surface area contributed by atoms with Crippen LogP contribution in [-0.2, 0) is 4.79 Å². The number of anilines is 1. The molecule has 3 rings (SSSR count). The topological polar surface area (TPSA) is 54.0 Å². The molecule has 1 unspecified atom stereocenters. The van der Waals surface area contributed by atoms with Gasteiger partial charge >= 0.3 is 0 Å². The van der Waals surface area contributed by atoms with E-state index in [9.17, 15) is 4.79 Å². The molecule has 0 aliphatic carbocycles. The lowest BCUT2D eigenvalue weighted by Crippen LogP contribution is -2.48. The van der Waals surface area contributed by atoms with Crippen LogP contribution in [0.4, 0.5) is 5.13 Å². The van der Waals surface area contributed by atoms with Crippen LogP contribution in [0.25, 0.3) is 11.3 Å². The number of hydrogen-bond acceptors (Lipinski definition) is 4. The van der Waals surface area contributed by atoms with E-state index in [0.29, 0.717) is 11.0 Å². The lowest BCUT2D eigenvalue weighted by molar-refractivity contribution is -0.121. The van der Waals surface area contributed by atoms with E-state index >= 15 is 0 Å². The number of rotatable bonds is 4. The quantitative estimate of drug-likeness (QED) is 0.902. The van der Waals surface area contributed by atoms with Gasteiger partial charge in [0.15, 0.2) is 5.13 Å². The summed E-state index contributed by atoms with van der Waals surface area (Å²) in [7, 11) is 0. The fourth-order valence-corrected chi connectivity index (χ4v) is 3.50. The van der Waals surface area contributed by atoms with E-state index in [1.54, 1.807) is 0 Å². The Morgan fingerprint density at radius 1 is 1.26 bits per heavy atom. The third-order valence-corrected chi connectivity index (χ3v) is 5.54. The predicted octanol–water partition coefficient (Wildman–Crippen LogP) is 3.53. The minimum Gasteiger partial charge on any atom is -0.316 e. The molecule has 0 radical (unpaired) electrons. The summed E-state index contributed by atoms with van der Waals surface area (Å²) in [6.45, 7) is 10.2. The summed E-state index contributed by atoms with van der Waals surface area (Å²) in [6, 6.07) is 4.36. The maximum absolute atomic E-state index is 12.3. The van der Waals surface area contributed by atoms with E-state index in [-0.39, 0.29) is 11.8 Å². The molecule has 2 heterocycles. The maximum Gasteiger partial charge on any atom is 0.229 e. The normalized spacial score (nSPS) is 16.0. The second-order valence-electron chi connectivity index (χ2n) is 6.49. The van der Waals surface area contributed by atoms with Crippen LogP contribution in [0.5, 0.6) is 0 Å². The van der Waals surface area contributed by atoms with Crippen molar-refractivity contribution in [3.8, 4) is 11.3 Å². The molecule has 0 bridgehead atoms. The van der Waals surface area contributed by atoms with Gasteiger partial charge in [0.1, 0.15) is 0 Å². The highest BCUT2D eigenvalue weighted by atomic mass is 32.1. The number of aryl methyl sites for hydroxylation is 3. The van der Waals surface area contributed by atoms with Gasteiger partial charge in [-0.05, 0) is 62.5 Å². The van der Waals surface area contributed by atoms with Crippen molar-refractivity contribution >= 4 is 22.4 Å². The van der Waals surface area contributed by atoms with Gasteiger partial charge in [-0.1, -0.05) is 13.0 Å². The zero-order chi connectivity index (χ0) is 16.6. The Morgan fingerprint density at radius 3 is 2.61 bits per heavy atom.